The molecule has 1 saturated heterocycles. The average molecular weight is 416 g/mol. The summed E-state index contributed by atoms with van der Waals surface area (Å²) in [6.07, 6.45) is 3.56. The third-order valence-corrected chi connectivity index (χ3v) is 5.16. The van der Waals surface area contributed by atoms with Gasteiger partial charge in [0.25, 0.3) is 5.56 Å². The normalized spacial score (nSPS) is 19.5. The zero-order valence-electron chi connectivity index (χ0n) is 16.5. The lowest BCUT2D eigenvalue weighted by molar-refractivity contribution is -0.00525. The first kappa shape index (κ1) is 19.6. The van der Waals surface area contributed by atoms with Gasteiger partial charge in [0, 0.05) is 36.5 Å². The van der Waals surface area contributed by atoms with Crippen LogP contribution in [0.2, 0.25) is 5.15 Å². The number of aryl methyl sites for hydroxylation is 1. The third-order valence-electron chi connectivity index (χ3n) is 4.93. The molecule has 4 heterocycles. The topological polar surface area (TPSA) is 86.3 Å². The minimum absolute atomic E-state index is 0.108. The van der Waals surface area contributed by atoms with Gasteiger partial charge in [0.2, 0.25) is 0 Å². The van der Waals surface area contributed by atoms with Gasteiger partial charge in [0.05, 0.1) is 30.6 Å². The summed E-state index contributed by atoms with van der Waals surface area (Å²) in [5, 5.41) is 8.91. The fraction of sp³-hybridized carbons (Fsp3) is 0.400. The Hall–Kier alpha value is -2.71. The van der Waals surface area contributed by atoms with Crippen molar-refractivity contribution < 1.29 is 9.26 Å². The zero-order chi connectivity index (χ0) is 20.5. The Morgan fingerprint density at radius 3 is 2.62 bits per heavy atom. The number of morpholine rings is 1. The van der Waals surface area contributed by atoms with Crippen molar-refractivity contribution in [2.45, 2.75) is 39.5 Å². The lowest BCUT2D eigenvalue weighted by atomic mass is 10.1. The third kappa shape index (κ3) is 4.18. The van der Waals surface area contributed by atoms with E-state index in [0.717, 1.165) is 29.9 Å². The second-order valence-electron chi connectivity index (χ2n) is 7.31. The molecular formula is C20H22ClN5O3. The van der Waals surface area contributed by atoms with E-state index in [2.05, 4.69) is 20.1 Å². The van der Waals surface area contributed by atoms with Crippen LogP contribution in [0.5, 0.6) is 0 Å². The second-order valence-corrected chi connectivity index (χ2v) is 7.69. The number of aromatic nitrogens is 4. The van der Waals surface area contributed by atoms with Crippen LogP contribution in [0.4, 0.5) is 5.69 Å². The molecule has 0 aliphatic carbocycles. The smallest absolute Gasteiger partial charge is 0.269 e. The van der Waals surface area contributed by atoms with Gasteiger partial charge in [-0.3, -0.25) is 4.79 Å². The predicted octanol–water partition coefficient (Wildman–Crippen LogP) is 2.92. The van der Waals surface area contributed by atoms with Crippen LogP contribution in [0.1, 0.15) is 25.2 Å². The molecule has 0 unspecified atom stereocenters. The van der Waals surface area contributed by atoms with Crippen molar-refractivity contribution in [3.05, 3.63) is 57.4 Å². The molecule has 4 rings (SSSR count). The van der Waals surface area contributed by atoms with Crippen LogP contribution in [-0.2, 0) is 11.3 Å². The summed E-state index contributed by atoms with van der Waals surface area (Å²) in [6.45, 7) is 7.58. The highest BCUT2D eigenvalue weighted by molar-refractivity contribution is 6.29. The van der Waals surface area contributed by atoms with E-state index in [1.54, 1.807) is 24.5 Å². The van der Waals surface area contributed by atoms with Crippen LogP contribution in [0.3, 0.4) is 0 Å². The highest BCUT2D eigenvalue weighted by atomic mass is 35.5. The lowest BCUT2D eigenvalue weighted by Gasteiger charge is -2.36. The summed E-state index contributed by atoms with van der Waals surface area (Å²) < 4.78 is 12.5. The molecule has 8 nitrogen and oxygen atoms in total. The Balaban J connectivity index is 1.60. The summed E-state index contributed by atoms with van der Waals surface area (Å²) in [5.41, 5.74) is 2.79. The second kappa shape index (κ2) is 7.96. The molecule has 0 aromatic carbocycles. The molecule has 9 heteroatoms. The van der Waals surface area contributed by atoms with Crippen molar-refractivity contribution in [1.82, 2.24) is 19.9 Å². The standard InChI is InChI=1S/C20H22ClN5O3/c1-12-9-25(10-13(2)28-12)16-6-19(27)26(23-8-16)11-17-14(3)29-24-20(17)15-4-5-18(21)22-7-15/h4-8,12-13H,9-11H2,1-3H3/t12-,13+. The first-order chi connectivity index (χ1) is 13.9. The average Bonchev–Trinajstić information content (AvgIpc) is 3.04. The molecule has 1 aliphatic rings. The van der Waals surface area contributed by atoms with Crippen molar-refractivity contribution in [2.24, 2.45) is 0 Å². The summed E-state index contributed by atoms with van der Waals surface area (Å²) in [6, 6.07) is 5.12. The van der Waals surface area contributed by atoms with Gasteiger partial charge in [-0.15, -0.1) is 0 Å². The summed E-state index contributed by atoms with van der Waals surface area (Å²) in [4.78, 5) is 19.0. The van der Waals surface area contributed by atoms with Gasteiger partial charge >= 0.3 is 0 Å². The van der Waals surface area contributed by atoms with Crippen molar-refractivity contribution in [2.75, 3.05) is 18.0 Å². The molecule has 0 N–H and O–H groups in total. The number of halogens is 1. The molecule has 1 aliphatic heterocycles. The van der Waals surface area contributed by atoms with E-state index in [1.165, 1.54) is 4.68 Å². The van der Waals surface area contributed by atoms with E-state index in [-0.39, 0.29) is 24.3 Å². The number of ether oxygens (including phenoxy) is 1. The van der Waals surface area contributed by atoms with E-state index >= 15 is 0 Å². The van der Waals surface area contributed by atoms with E-state index in [9.17, 15) is 4.79 Å². The Labute approximate surface area is 173 Å². The Kier molecular flexibility index (Phi) is 5.38. The number of hydrogen-bond acceptors (Lipinski definition) is 7. The summed E-state index contributed by atoms with van der Waals surface area (Å²) in [7, 11) is 0. The van der Waals surface area contributed by atoms with Gasteiger partial charge < -0.3 is 14.2 Å². The Morgan fingerprint density at radius 2 is 1.97 bits per heavy atom. The molecule has 0 radical (unpaired) electrons. The Bertz CT molecular complexity index is 1050. The number of rotatable bonds is 4. The SMILES string of the molecule is Cc1onc(-c2ccc(Cl)nc2)c1Cn1ncc(N2C[C@@H](C)O[C@@H](C)C2)cc1=O. The summed E-state index contributed by atoms with van der Waals surface area (Å²) in [5.74, 6) is 0.628. The van der Waals surface area contributed by atoms with Gasteiger partial charge in [0.15, 0.2) is 0 Å². The van der Waals surface area contributed by atoms with Crippen molar-refractivity contribution in [1.29, 1.82) is 0 Å². The molecule has 0 bridgehead atoms. The maximum absolute atomic E-state index is 12.7. The van der Waals surface area contributed by atoms with Gasteiger partial charge in [-0.25, -0.2) is 9.67 Å². The van der Waals surface area contributed by atoms with Crippen molar-refractivity contribution in [3.8, 4) is 11.3 Å². The van der Waals surface area contributed by atoms with Gasteiger partial charge in [0.1, 0.15) is 16.6 Å². The van der Waals surface area contributed by atoms with E-state index in [0.29, 0.717) is 16.6 Å². The van der Waals surface area contributed by atoms with Crippen LogP contribution in [-0.4, -0.2) is 45.2 Å². The van der Waals surface area contributed by atoms with Crippen LogP contribution in [0.15, 0.2) is 39.9 Å². The van der Waals surface area contributed by atoms with Gasteiger partial charge in [-0.2, -0.15) is 5.10 Å². The van der Waals surface area contributed by atoms with E-state index < -0.39 is 0 Å². The molecule has 152 valence electrons. The number of hydrogen-bond donors (Lipinski definition) is 0. The van der Waals surface area contributed by atoms with Crippen LogP contribution in [0.25, 0.3) is 11.3 Å². The largest absolute Gasteiger partial charge is 0.372 e. The van der Waals surface area contributed by atoms with Gasteiger partial charge in [-0.1, -0.05) is 16.8 Å². The minimum Gasteiger partial charge on any atom is -0.372 e. The number of anilines is 1. The molecular weight excluding hydrogens is 394 g/mol. The molecule has 3 aromatic heterocycles. The minimum atomic E-state index is -0.185. The van der Waals surface area contributed by atoms with Crippen LogP contribution in [0, 0.1) is 6.92 Å². The fourth-order valence-electron chi connectivity index (χ4n) is 3.57. The number of nitrogens with zero attached hydrogens (tertiary/aromatic N) is 5. The quantitative estimate of drug-likeness (QED) is 0.605. The Morgan fingerprint density at radius 1 is 1.21 bits per heavy atom. The molecule has 0 spiro atoms. The van der Waals surface area contributed by atoms with Crippen LogP contribution >= 0.6 is 11.6 Å². The zero-order valence-corrected chi connectivity index (χ0v) is 17.3. The molecule has 2 atom stereocenters. The highest BCUT2D eigenvalue weighted by Crippen LogP contribution is 2.26. The predicted molar refractivity (Wildman–Crippen MR) is 109 cm³/mol. The molecule has 3 aromatic rings. The molecule has 29 heavy (non-hydrogen) atoms. The van der Waals surface area contributed by atoms with Crippen molar-refractivity contribution in [3.63, 3.8) is 0 Å². The highest BCUT2D eigenvalue weighted by Gasteiger charge is 2.23. The van der Waals surface area contributed by atoms with E-state index in [4.69, 9.17) is 20.9 Å². The lowest BCUT2D eigenvalue weighted by Crippen LogP contribution is -2.46. The molecule has 0 amide bonds. The first-order valence-corrected chi connectivity index (χ1v) is 9.83. The fourth-order valence-corrected chi connectivity index (χ4v) is 3.69. The maximum atomic E-state index is 12.7. The first-order valence-electron chi connectivity index (χ1n) is 9.45. The van der Waals surface area contributed by atoms with E-state index in [1.807, 2.05) is 26.8 Å². The molecule has 0 saturated carbocycles. The van der Waals surface area contributed by atoms with Gasteiger partial charge in [-0.05, 0) is 32.9 Å². The molecule has 1 fully saturated rings. The summed E-state index contributed by atoms with van der Waals surface area (Å²) >= 11 is 5.87. The number of pyridine rings is 1. The van der Waals surface area contributed by atoms with Crippen molar-refractivity contribution >= 4 is 17.3 Å². The van der Waals surface area contributed by atoms with Crippen LogP contribution < -0.4 is 10.5 Å². The maximum Gasteiger partial charge on any atom is 0.269 e. The monoisotopic (exact) mass is 415 g/mol.